The molecule has 0 aliphatic heterocycles. The normalized spacial score (nSPS) is 15.2. The second-order valence-electron chi connectivity index (χ2n) is 3.71. The van der Waals surface area contributed by atoms with Gasteiger partial charge in [-0.05, 0) is 24.1 Å². The summed E-state index contributed by atoms with van der Waals surface area (Å²) in [4.78, 5) is 0. The fourth-order valence-corrected chi connectivity index (χ4v) is 2.11. The number of H-pyrrole nitrogens is 1. The maximum Gasteiger partial charge on any atom is 0.105 e. The first kappa shape index (κ1) is 11.6. The predicted octanol–water partition coefficient (Wildman–Crippen LogP) is 1.74. The van der Waals surface area contributed by atoms with Gasteiger partial charge >= 0.3 is 0 Å². The van der Waals surface area contributed by atoms with Crippen molar-refractivity contribution in [1.82, 2.24) is 10.2 Å². The van der Waals surface area contributed by atoms with Gasteiger partial charge in [0.15, 0.2) is 0 Å². The molecule has 2 atom stereocenters. The summed E-state index contributed by atoms with van der Waals surface area (Å²) in [5.41, 5.74) is 1.63. The van der Waals surface area contributed by atoms with Crippen molar-refractivity contribution in [2.45, 2.75) is 18.6 Å². The fourth-order valence-electron chi connectivity index (χ4n) is 1.64. The zero-order valence-electron chi connectivity index (χ0n) is 8.60. The Morgan fingerprint density at radius 1 is 1.38 bits per heavy atom. The van der Waals surface area contributed by atoms with E-state index in [1.165, 1.54) is 0 Å². The lowest BCUT2D eigenvalue weighted by Gasteiger charge is -2.17. The van der Waals surface area contributed by atoms with Gasteiger partial charge in [0.2, 0.25) is 0 Å². The molecule has 0 radical (unpaired) electrons. The van der Waals surface area contributed by atoms with Gasteiger partial charge in [-0.25, -0.2) is 0 Å². The Morgan fingerprint density at radius 3 is 2.94 bits per heavy atom. The molecule has 0 spiro atoms. The van der Waals surface area contributed by atoms with Crippen LogP contribution in [0.5, 0.6) is 0 Å². The molecule has 3 N–H and O–H groups in total. The molecule has 0 saturated heterocycles. The summed E-state index contributed by atoms with van der Waals surface area (Å²) in [7, 11) is 0. The van der Waals surface area contributed by atoms with Gasteiger partial charge in [0, 0.05) is 10.7 Å². The highest BCUT2D eigenvalue weighted by molar-refractivity contribution is 9.09. The number of hydrogen-bond acceptors (Lipinski definition) is 3. The van der Waals surface area contributed by atoms with Crippen LogP contribution in [0.25, 0.3) is 10.9 Å². The number of benzene rings is 1. The summed E-state index contributed by atoms with van der Waals surface area (Å²) in [6, 6.07) is 5.48. The van der Waals surface area contributed by atoms with Crippen molar-refractivity contribution in [3.05, 3.63) is 30.0 Å². The Balaban J connectivity index is 2.24. The van der Waals surface area contributed by atoms with Crippen molar-refractivity contribution in [3.8, 4) is 0 Å². The van der Waals surface area contributed by atoms with E-state index in [2.05, 4.69) is 26.1 Å². The lowest BCUT2D eigenvalue weighted by atomic mass is 10.0. The van der Waals surface area contributed by atoms with E-state index in [0.717, 1.165) is 10.9 Å². The van der Waals surface area contributed by atoms with E-state index in [1.54, 1.807) is 12.3 Å². The molecule has 1 aromatic carbocycles. The van der Waals surface area contributed by atoms with Crippen LogP contribution in [0.1, 0.15) is 18.1 Å². The van der Waals surface area contributed by atoms with E-state index in [0.29, 0.717) is 17.3 Å². The molecule has 5 heteroatoms. The van der Waals surface area contributed by atoms with Gasteiger partial charge in [-0.2, -0.15) is 5.10 Å². The molecular formula is C11H13BrN2O2. The van der Waals surface area contributed by atoms with Crippen LogP contribution in [0.2, 0.25) is 0 Å². The van der Waals surface area contributed by atoms with Crippen LogP contribution in [0.4, 0.5) is 0 Å². The lowest BCUT2D eigenvalue weighted by molar-refractivity contribution is 0.0174. The second-order valence-corrected chi connectivity index (χ2v) is 4.50. The highest BCUT2D eigenvalue weighted by atomic mass is 79.9. The molecule has 0 saturated carbocycles. The third kappa shape index (κ3) is 2.26. The number of rotatable bonds is 4. The van der Waals surface area contributed by atoms with Crippen LogP contribution < -0.4 is 0 Å². The first-order valence-corrected chi connectivity index (χ1v) is 6.19. The van der Waals surface area contributed by atoms with Crippen molar-refractivity contribution < 1.29 is 10.2 Å². The van der Waals surface area contributed by atoms with Crippen LogP contribution in [0.3, 0.4) is 0 Å². The van der Waals surface area contributed by atoms with Crippen molar-refractivity contribution in [1.29, 1.82) is 0 Å². The number of fused-ring (bicyclic) bond motifs is 1. The molecule has 0 aliphatic rings. The Hall–Kier alpha value is -0.910. The van der Waals surface area contributed by atoms with Crippen molar-refractivity contribution in [3.63, 3.8) is 0 Å². The van der Waals surface area contributed by atoms with E-state index in [4.69, 9.17) is 0 Å². The summed E-state index contributed by atoms with van der Waals surface area (Å²) in [5.74, 6) is 0. The molecule has 2 unspecified atom stereocenters. The number of nitrogens with zero attached hydrogens (tertiary/aromatic N) is 1. The highest BCUT2D eigenvalue weighted by Crippen LogP contribution is 2.22. The highest BCUT2D eigenvalue weighted by Gasteiger charge is 2.17. The minimum Gasteiger partial charge on any atom is -0.390 e. The average Bonchev–Trinajstić information content (AvgIpc) is 2.75. The van der Waals surface area contributed by atoms with Gasteiger partial charge in [0.1, 0.15) is 6.10 Å². The molecule has 0 amide bonds. The molecule has 2 rings (SSSR count). The molecule has 0 aliphatic carbocycles. The summed E-state index contributed by atoms with van der Waals surface area (Å²) in [5, 5.41) is 27.9. The van der Waals surface area contributed by atoms with Gasteiger partial charge in [-0.3, -0.25) is 5.10 Å². The van der Waals surface area contributed by atoms with Crippen LogP contribution >= 0.6 is 15.9 Å². The Bertz CT molecular complexity index is 472. The van der Waals surface area contributed by atoms with Crippen LogP contribution in [0.15, 0.2) is 24.4 Å². The summed E-state index contributed by atoms with van der Waals surface area (Å²) < 4.78 is 0. The van der Waals surface area contributed by atoms with Crippen molar-refractivity contribution in [2.75, 3.05) is 5.33 Å². The van der Waals surface area contributed by atoms with E-state index in [9.17, 15) is 10.2 Å². The summed E-state index contributed by atoms with van der Waals surface area (Å²) in [6.45, 7) is 0. The minimum atomic E-state index is -0.850. The average molecular weight is 285 g/mol. The van der Waals surface area contributed by atoms with Gasteiger partial charge in [0.25, 0.3) is 0 Å². The molecule has 16 heavy (non-hydrogen) atoms. The number of aliphatic hydroxyl groups excluding tert-OH is 2. The van der Waals surface area contributed by atoms with Gasteiger partial charge in [-0.15, -0.1) is 0 Å². The molecule has 1 aromatic heterocycles. The molecule has 0 fully saturated rings. The number of aromatic amines is 1. The number of aromatic nitrogens is 2. The zero-order valence-corrected chi connectivity index (χ0v) is 10.2. The van der Waals surface area contributed by atoms with Gasteiger partial charge in [-0.1, -0.05) is 22.0 Å². The van der Waals surface area contributed by atoms with Crippen molar-refractivity contribution in [2.24, 2.45) is 0 Å². The standard InChI is InChI=1S/C11H13BrN2O2/c12-4-3-10(15)11(16)7-1-2-9-8(5-7)6-13-14-9/h1-2,5-6,10-11,15-16H,3-4H2,(H,13,14). The Kier molecular flexibility index (Phi) is 3.58. The molecule has 2 aromatic rings. The van der Waals surface area contributed by atoms with Crippen LogP contribution in [0, 0.1) is 0 Å². The SMILES string of the molecule is OC(CCBr)C(O)c1ccc2[nH]ncc2c1. The molecule has 1 heterocycles. The maximum atomic E-state index is 9.92. The first-order valence-electron chi connectivity index (χ1n) is 5.07. The first-order chi connectivity index (χ1) is 7.72. The van der Waals surface area contributed by atoms with Gasteiger partial charge < -0.3 is 10.2 Å². The second kappa shape index (κ2) is 4.95. The quantitative estimate of drug-likeness (QED) is 0.749. The summed E-state index contributed by atoms with van der Waals surface area (Å²) in [6.07, 6.45) is 0.619. The summed E-state index contributed by atoms with van der Waals surface area (Å²) >= 11 is 3.24. The Labute approximate surface area is 101 Å². The monoisotopic (exact) mass is 284 g/mol. The number of alkyl halides is 1. The molecule has 86 valence electrons. The lowest BCUT2D eigenvalue weighted by Crippen LogP contribution is -2.18. The molecule has 4 nitrogen and oxygen atoms in total. The number of nitrogens with one attached hydrogen (secondary N) is 1. The van der Waals surface area contributed by atoms with E-state index in [-0.39, 0.29) is 0 Å². The largest absolute Gasteiger partial charge is 0.390 e. The maximum absolute atomic E-state index is 9.92. The number of hydrogen-bond donors (Lipinski definition) is 3. The van der Waals surface area contributed by atoms with E-state index in [1.807, 2.05) is 12.1 Å². The van der Waals surface area contributed by atoms with E-state index >= 15 is 0 Å². The Morgan fingerprint density at radius 2 is 2.19 bits per heavy atom. The topological polar surface area (TPSA) is 69.1 Å². The smallest absolute Gasteiger partial charge is 0.105 e. The molecular weight excluding hydrogens is 272 g/mol. The van der Waals surface area contributed by atoms with E-state index < -0.39 is 12.2 Å². The van der Waals surface area contributed by atoms with Crippen LogP contribution in [-0.2, 0) is 0 Å². The fraction of sp³-hybridized carbons (Fsp3) is 0.364. The third-order valence-corrected chi connectivity index (χ3v) is 3.03. The third-order valence-electron chi connectivity index (χ3n) is 2.58. The number of halogens is 1. The predicted molar refractivity (Wildman–Crippen MR) is 65.5 cm³/mol. The number of aliphatic hydroxyl groups is 2. The minimum absolute atomic E-state index is 0.518. The zero-order chi connectivity index (χ0) is 11.5. The molecule has 0 bridgehead atoms. The van der Waals surface area contributed by atoms with Crippen molar-refractivity contribution >= 4 is 26.8 Å². The van der Waals surface area contributed by atoms with Gasteiger partial charge in [0.05, 0.1) is 17.8 Å². The van der Waals surface area contributed by atoms with Crippen LogP contribution in [-0.4, -0.2) is 31.8 Å².